The third-order valence-electron chi connectivity index (χ3n) is 11.3. The van der Waals surface area contributed by atoms with Crippen LogP contribution < -0.4 is 19.6 Å². The number of nitrogens with zero attached hydrogens (tertiary/aromatic N) is 7. The maximum absolute atomic E-state index is 14.3. The first-order valence-corrected chi connectivity index (χ1v) is 18.2. The summed E-state index contributed by atoms with van der Waals surface area (Å²) in [6.45, 7) is 6.03. The average Bonchev–Trinajstić information content (AvgIpc) is 3.92. The third-order valence-corrected chi connectivity index (χ3v) is 11.3. The number of morpholine rings is 1. The summed E-state index contributed by atoms with van der Waals surface area (Å²) in [4.78, 5) is 32.7. The highest BCUT2D eigenvalue weighted by Gasteiger charge is 2.46. The Balaban J connectivity index is 1.11. The Kier molecular flexibility index (Phi) is 10.9. The number of piperidine rings is 1. The van der Waals surface area contributed by atoms with Gasteiger partial charge in [-0.1, -0.05) is 36.4 Å². The molecule has 53 heavy (non-hydrogen) atoms. The van der Waals surface area contributed by atoms with Crippen molar-refractivity contribution in [2.45, 2.75) is 36.5 Å². The number of carbonyl (C=O) groups excluding carboxylic acids is 2. The number of methoxy groups -OCH3 is 3. The highest BCUT2D eigenvalue weighted by Crippen LogP contribution is 2.43. The zero-order valence-electron chi connectivity index (χ0n) is 30.7. The number of carbonyl (C=O) groups is 2. The van der Waals surface area contributed by atoms with Crippen molar-refractivity contribution in [3.63, 3.8) is 0 Å². The minimum Gasteiger partial charge on any atom is -0.496 e. The van der Waals surface area contributed by atoms with E-state index < -0.39 is 5.41 Å². The van der Waals surface area contributed by atoms with E-state index in [0.717, 1.165) is 43.6 Å². The molecule has 3 saturated heterocycles. The van der Waals surface area contributed by atoms with Gasteiger partial charge in [0.2, 0.25) is 5.91 Å². The lowest BCUT2D eigenvalue weighted by Gasteiger charge is -2.43. The molecule has 4 heterocycles. The summed E-state index contributed by atoms with van der Waals surface area (Å²) in [5.74, 6) is 1.74. The van der Waals surface area contributed by atoms with Crippen LogP contribution in [0.4, 0.5) is 0 Å². The van der Waals surface area contributed by atoms with Gasteiger partial charge in [0, 0.05) is 31.6 Å². The van der Waals surface area contributed by atoms with Crippen LogP contribution in [-0.2, 0) is 20.4 Å². The fraction of sp³-hybridized carbons (Fsp3) is 0.462. The number of nitrogens with one attached hydrogen (secondary N) is 1. The largest absolute Gasteiger partial charge is 0.496 e. The van der Waals surface area contributed by atoms with Crippen LogP contribution in [0.3, 0.4) is 0 Å². The number of hydrogen-bond acceptors (Lipinski definition) is 11. The van der Waals surface area contributed by atoms with Crippen LogP contribution in [0.1, 0.15) is 47.2 Å². The molecule has 280 valence electrons. The van der Waals surface area contributed by atoms with Gasteiger partial charge in [-0.3, -0.25) is 15.0 Å². The smallest absolute Gasteiger partial charge is 0.257 e. The van der Waals surface area contributed by atoms with Crippen molar-refractivity contribution < 1.29 is 28.5 Å². The van der Waals surface area contributed by atoms with Gasteiger partial charge in [0.1, 0.15) is 12.1 Å². The summed E-state index contributed by atoms with van der Waals surface area (Å²) in [7, 11) is 4.84. The quantitative estimate of drug-likeness (QED) is 0.231. The van der Waals surface area contributed by atoms with Crippen molar-refractivity contribution in [3.8, 4) is 22.9 Å². The normalized spacial score (nSPS) is 20.5. The zero-order valence-corrected chi connectivity index (χ0v) is 30.7. The van der Waals surface area contributed by atoms with Crippen molar-refractivity contribution in [2.75, 3.05) is 80.4 Å². The summed E-state index contributed by atoms with van der Waals surface area (Å²) < 4.78 is 24.0. The molecule has 3 aliphatic heterocycles. The molecule has 0 spiro atoms. The van der Waals surface area contributed by atoms with Gasteiger partial charge in [-0.15, -0.1) is 5.10 Å². The molecule has 1 unspecified atom stereocenters. The summed E-state index contributed by atoms with van der Waals surface area (Å²) in [6.07, 6.45) is 4.49. The standard InChI is InChI=1S/C39H48N8O6/c1-50-33-12-10-31(47-28-40-42-43-47)26-32(33)36(48)45-20-14-38(27-45,30-9-11-34(51-2)35(25-30)52-3)13-17-44-18-15-39(16-19-44,29-7-5-4-6-8-29)37(49)41-46-21-23-53-24-22-46/h4-12,25-26,28H,13-24,27H2,1-3H3,(H,41,49). The molecule has 1 aromatic heterocycles. The Morgan fingerprint density at radius 1 is 0.811 bits per heavy atom. The molecule has 0 bridgehead atoms. The van der Waals surface area contributed by atoms with Gasteiger partial charge in [-0.2, -0.15) is 0 Å². The number of amides is 2. The number of likely N-dealkylation sites (tertiary alicyclic amines) is 2. The first kappa shape index (κ1) is 36.3. The summed E-state index contributed by atoms with van der Waals surface area (Å²) >= 11 is 0. The highest BCUT2D eigenvalue weighted by atomic mass is 16.5. The predicted octanol–water partition coefficient (Wildman–Crippen LogP) is 3.26. The molecular weight excluding hydrogens is 676 g/mol. The number of ether oxygens (including phenoxy) is 4. The second-order valence-electron chi connectivity index (χ2n) is 14.0. The van der Waals surface area contributed by atoms with Crippen LogP contribution in [0.2, 0.25) is 0 Å². The summed E-state index contributed by atoms with van der Waals surface area (Å²) in [5.41, 5.74) is 5.53. The lowest BCUT2D eigenvalue weighted by atomic mass is 9.71. The van der Waals surface area contributed by atoms with E-state index in [9.17, 15) is 9.59 Å². The van der Waals surface area contributed by atoms with Crippen molar-refractivity contribution in [3.05, 3.63) is 89.7 Å². The van der Waals surface area contributed by atoms with E-state index in [-0.39, 0.29) is 17.2 Å². The van der Waals surface area contributed by atoms with Gasteiger partial charge in [0.05, 0.1) is 51.2 Å². The lowest BCUT2D eigenvalue weighted by Crippen LogP contribution is -2.57. The minimum absolute atomic E-state index is 0.0524. The average molecular weight is 725 g/mol. The number of rotatable bonds is 12. The minimum atomic E-state index is -0.621. The van der Waals surface area contributed by atoms with E-state index in [1.807, 2.05) is 40.2 Å². The Labute approximate surface area is 309 Å². The number of tetrazole rings is 1. The molecular formula is C39H48N8O6. The SMILES string of the molecule is COc1ccc(C2(CCN3CCC(C(=O)NN4CCOCC4)(c4ccccc4)CC3)CCN(C(=O)c3cc(-n4cnnn4)ccc3OC)C2)cc1OC. The van der Waals surface area contributed by atoms with Crippen LogP contribution in [0, 0.1) is 0 Å². The summed E-state index contributed by atoms with van der Waals surface area (Å²) in [5, 5.41) is 13.5. The second kappa shape index (κ2) is 15.9. The predicted molar refractivity (Wildman–Crippen MR) is 196 cm³/mol. The van der Waals surface area contributed by atoms with Gasteiger partial charge in [0.15, 0.2) is 11.5 Å². The number of benzene rings is 3. The van der Waals surface area contributed by atoms with Crippen LogP contribution in [0.25, 0.3) is 5.69 Å². The van der Waals surface area contributed by atoms with Crippen molar-refractivity contribution in [1.82, 2.24) is 40.4 Å². The first-order valence-electron chi connectivity index (χ1n) is 18.2. The molecule has 3 aliphatic rings. The third kappa shape index (κ3) is 7.44. The monoisotopic (exact) mass is 724 g/mol. The Morgan fingerprint density at radius 2 is 1.55 bits per heavy atom. The maximum Gasteiger partial charge on any atom is 0.257 e. The highest BCUT2D eigenvalue weighted by molar-refractivity contribution is 5.98. The molecule has 1 atom stereocenters. The first-order chi connectivity index (χ1) is 25.9. The van der Waals surface area contributed by atoms with Crippen LogP contribution >= 0.6 is 0 Å². The van der Waals surface area contributed by atoms with Gasteiger partial charge < -0.3 is 28.7 Å². The molecule has 7 rings (SSSR count). The molecule has 1 N–H and O–H groups in total. The zero-order chi connectivity index (χ0) is 36.8. The Morgan fingerprint density at radius 3 is 2.25 bits per heavy atom. The fourth-order valence-electron chi connectivity index (χ4n) is 8.11. The van der Waals surface area contributed by atoms with Crippen LogP contribution in [-0.4, -0.2) is 127 Å². The van der Waals surface area contributed by atoms with Crippen LogP contribution in [0.5, 0.6) is 17.2 Å². The van der Waals surface area contributed by atoms with Gasteiger partial charge in [-0.25, -0.2) is 9.69 Å². The van der Waals surface area contributed by atoms with E-state index in [1.165, 1.54) is 11.0 Å². The van der Waals surface area contributed by atoms with Gasteiger partial charge in [0.25, 0.3) is 5.91 Å². The van der Waals surface area contributed by atoms with Crippen molar-refractivity contribution >= 4 is 11.8 Å². The molecule has 0 aliphatic carbocycles. The van der Waals surface area contributed by atoms with E-state index in [2.05, 4.69) is 50.1 Å². The molecule has 0 radical (unpaired) electrons. The lowest BCUT2D eigenvalue weighted by molar-refractivity contribution is -0.135. The fourth-order valence-corrected chi connectivity index (χ4v) is 8.11. The van der Waals surface area contributed by atoms with Gasteiger partial charge in [-0.05, 0) is 97.2 Å². The van der Waals surface area contributed by atoms with E-state index >= 15 is 0 Å². The number of hydrogen-bond donors (Lipinski definition) is 1. The van der Waals surface area contributed by atoms with Gasteiger partial charge >= 0.3 is 0 Å². The Hall–Kier alpha value is -5.05. The number of hydrazine groups is 1. The molecule has 4 aromatic rings. The number of aromatic nitrogens is 4. The van der Waals surface area contributed by atoms with E-state index in [4.69, 9.17) is 18.9 Å². The van der Waals surface area contributed by atoms with Crippen LogP contribution in [0.15, 0.2) is 73.1 Å². The molecule has 3 fully saturated rings. The molecule has 2 amide bonds. The molecule has 0 saturated carbocycles. The second-order valence-corrected chi connectivity index (χ2v) is 14.0. The van der Waals surface area contributed by atoms with Crippen molar-refractivity contribution in [2.24, 2.45) is 0 Å². The topological polar surface area (TPSA) is 136 Å². The Bertz CT molecular complexity index is 1860. The summed E-state index contributed by atoms with van der Waals surface area (Å²) in [6, 6.07) is 21.7. The van der Waals surface area contributed by atoms with E-state index in [1.54, 1.807) is 33.5 Å². The molecule has 3 aromatic carbocycles. The van der Waals surface area contributed by atoms with Crippen molar-refractivity contribution in [1.29, 1.82) is 0 Å². The molecule has 14 nitrogen and oxygen atoms in total. The molecule has 14 heteroatoms. The maximum atomic E-state index is 14.3. The van der Waals surface area contributed by atoms with E-state index in [0.29, 0.717) is 80.7 Å².